The first-order chi connectivity index (χ1) is 10.1. The Labute approximate surface area is 123 Å². The van der Waals surface area contributed by atoms with E-state index in [1.807, 2.05) is 24.3 Å². The van der Waals surface area contributed by atoms with Crippen molar-refractivity contribution in [2.45, 2.75) is 24.9 Å². The highest BCUT2D eigenvalue weighted by Gasteiger charge is 2.42. The molecule has 0 unspecified atom stereocenters. The number of methoxy groups -OCH3 is 1. The minimum absolute atomic E-state index is 0.115. The monoisotopic (exact) mass is 284 g/mol. The molecule has 0 saturated heterocycles. The predicted molar refractivity (Wildman–Crippen MR) is 79.6 cm³/mol. The molecule has 2 aromatic carbocycles. The van der Waals surface area contributed by atoms with Crippen LogP contribution in [0.4, 0.5) is 4.39 Å². The third-order valence-electron chi connectivity index (χ3n) is 4.10. The number of benzene rings is 2. The van der Waals surface area contributed by atoms with Gasteiger partial charge in [0.05, 0.1) is 7.11 Å². The molecule has 0 heterocycles. The first kappa shape index (κ1) is 13.8. The molecule has 0 bridgehead atoms. The van der Waals surface area contributed by atoms with Crippen molar-refractivity contribution < 1.29 is 13.9 Å². The van der Waals surface area contributed by atoms with Crippen LogP contribution in [0, 0.1) is 0 Å². The summed E-state index contributed by atoms with van der Waals surface area (Å²) in [4.78, 5) is 12.5. The van der Waals surface area contributed by atoms with Crippen LogP contribution in [0.1, 0.15) is 27.9 Å². The predicted octanol–water partition coefficient (Wildman–Crippen LogP) is 3.78. The lowest BCUT2D eigenvalue weighted by atomic mass is 9.77. The molecule has 0 aromatic heterocycles. The number of ketones is 1. The number of Topliss-reactive ketones (excluding diaryl/α,β-unsaturated/α-hetero) is 1. The minimum Gasteiger partial charge on any atom is -0.497 e. The molecular formula is C18H17FO2. The van der Waals surface area contributed by atoms with Crippen molar-refractivity contribution in [3.05, 3.63) is 65.2 Å². The number of rotatable bonds is 3. The fourth-order valence-corrected chi connectivity index (χ4v) is 2.88. The maximum absolute atomic E-state index is 15.1. The second-order valence-corrected chi connectivity index (χ2v) is 5.48. The Bertz CT molecular complexity index is 663. The highest BCUT2D eigenvalue weighted by Crippen LogP contribution is 2.34. The third kappa shape index (κ3) is 2.56. The fourth-order valence-electron chi connectivity index (χ4n) is 2.88. The van der Waals surface area contributed by atoms with Gasteiger partial charge in [0, 0.05) is 12.0 Å². The van der Waals surface area contributed by atoms with E-state index in [2.05, 4.69) is 0 Å². The normalized spacial score (nSPS) is 21.0. The molecule has 108 valence electrons. The molecule has 1 aliphatic carbocycles. The van der Waals surface area contributed by atoms with Crippen molar-refractivity contribution >= 4 is 5.78 Å². The molecule has 2 aromatic rings. The third-order valence-corrected chi connectivity index (χ3v) is 4.10. The number of ether oxygens (including phenoxy) is 1. The molecular weight excluding hydrogens is 267 g/mol. The van der Waals surface area contributed by atoms with Crippen LogP contribution in [0.2, 0.25) is 0 Å². The Kier molecular flexibility index (Phi) is 3.50. The molecule has 0 spiro atoms. The maximum Gasteiger partial charge on any atom is 0.200 e. The van der Waals surface area contributed by atoms with Crippen LogP contribution in [0.15, 0.2) is 48.5 Å². The van der Waals surface area contributed by atoms with E-state index in [0.29, 0.717) is 12.0 Å². The van der Waals surface area contributed by atoms with Crippen molar-refractivity contribution in [1.82, 2.24) is 0 Å². The molecule has 0 aliphatic heterocycles. The van der Waals surface area contributed by atoms with E-state index in [1.54, 1.807) is 31.4 Å². The van der Waals surface area contributed by atoms with E-state index in [0.717, 1.165) is 16.9 Å². The van der Waals surface area contributed by atoms with Gasteiger partial charge in [0.2, 0.25) is 5.78 Å². The van der Waals surface area contributed by atoms with Gasteiger partial charge in [-0.2, -0.15) is 0 Å². The fraction of sp³-hybridized carbons (Fsp3) is 0.278. The van der Waals surface area contributed by atoms with Crippen molar-refractivity contribution in [1.29, 1.82) is 0 Å². The maximum atomic E-state index is 15.1. The first-order valence-corrected chi connectivity index (χ1v) is 7.07. The second-order valence-electron chi connectivity index (χ2n) is 5.48. The lowest BCUT2D eigenvalue weighted by Crippen LogP contribution is -2.40. The molecule has 3 rings (SSSR count). The van der Waals surface area contributed by atoms with Gasteiger partial charge < -0.3 is 4.74 Å². The lowest BCUT2D eigenvalue weighted by molar-refractivity contribution is 0.0637. The van der Waals surface area contributed by atoms with Gasteiger partial charge in [0.25, 0.3) is 0 Å². The summed E-state index contributed by atoms with van der Waals surface area (Å²) in [5.74, 6) is 0.340. The molecule has 0 radical (unpaired) electrons. The van der Waals surface area contributed by atoms with Crippen LogP contribution >= 0.6 is 0 Å². The molecule has 1 atom stereocenters. The summed E-state index contributed by atoms with van der Waals surface area (Å²) in [5.41, 5.74) is 0.486. The smallest absolute Gasteiger partial charge is 0.200 e. The van der Waals surface area contributed by atoms with Crippen molar-refractivity contribution in [2.24, 2.45) is 0 Å². The van der Waals surface area contributed by atoms with Gasteiger partial charge in [-0.05, 0) is 36.1 Å². The minimum atomic E-state index is -1.80. The zero-order valence-electron chi connectivity index (χ0n) is 11.9. The van der Waals surface area contributed by atoms with Crippen LogP contribution in [0.3, 0.4) is 0 Å². The number of carbonyl (C=O) groups excluding carboxylic acids is 1. The van der Waals surface area contributed by atoms with Gasteiger partial charge in [0.1, 0.15) is 5.75 Å². The number of carbonyl (C=O) groups is 1. The van der Waals surface area contributed by atoms with E-state index >= 15 is 4.39 Å². The van der Waals surface area contributed by atoms with E-state index in [-0.39, 0.29) is 18.6 Å². The quantitative estimate of drug-likeness (QED) is 0.857. The molecule has 0 N–H and O–H groups in total. The lowest BCUT2D eigenvalue weighted by Gasteiger charge is -2.29. The number of aryl methyl sites for hydroxylation is 1. The summed E-state index contributed by atoms with van der Waals surface area (Å²) in [6.45, 7) is 0. The van der Waals surface area contributed by atoms with Crippen molar-refractivity contribution in [3.8, 4) is 5.75 Å². The Morgan fingerprint density at radius 3 is 2.57 bits per heavy atom. The first-order valence-electron chi connectivity index (χ1n) is 7.07. The van der Waals surface area contributed by atoms with E-state index in [4.69, 9.17) is 4.74 Å². The summed E-state index contributed by atoms with van der Waals surface area (Å²) in [7, 11) is 1.59. The number of hydrogen-bond donors (Lipinski definition) is 0. The molecule has 0 amide bonds. The van der Waals surface area contributed by atoms with Crippen molar-refractivity contribution in [3.63, 3.8) is 0 Å². The van der Waals surface area contributed by atoms with Crippen molar-refractivity contribution in [2.75, 3.05) is 7.11 Å². The van der Waals surface area contributed by atoms with Crippen LogP contribution in [-0.4, -0.2) is 18.6 Å². The Morgan fingerprint density at radius 1 is 1.14 bits per heavy atom. The summed E-state index contributed by atoms with van der Waals surface area (Å²) in [6.07, 6.45) is 0.966. The summed E-state index contributed by atoms with van der Waals surface area (Å²) < 4.78 is 20.2. The zero-order chi connectivity index (χ0) is 14.9. The van der Waals surface area contributed by atoms with Gasteiger partial charge in [-0.25, -0.2) is 4.39 Å². The molecule has 0 fully saturated rings. The Morgan fingerprint density at radius 2 is 1.86 bits per heavy atom. The highest BCUT2D eigenvalue weighted by molar-refractivity contribution is 6.04. The Hall–Kier alpha value is -2.16. The van der Waals surface area contributed by atoms with Gasteiger partial charge in [-0.15, -0.1) is 0 Å². The number of fused-ring (bicyclic) bond motifs is 1. The van der Waals surface area contributed by atoms with Crippen LogP contribution < -0.4 is 4.74 Å². The zero-order valence-corrected chi connectivity index (χ0v) is 11.9. The molecule has 0 saturated carbocycles. The van der Waals surface area contributed by atoms with Gasteiger partial charge in [-0.3, -0.25) is 4.79 Å². The molecule has 2 nitrogen and oxygen atoms in total. The summed E-state index contributed by atoms with van der Waals surface area (Å²) in [5, 5.41) is 0. The highest BCUT2D eigenvalue weighted by atomic mass is 19.1. The average Bonchev–Trinajstić information content (AvgIpc) is 2.52. The molecule has 1 aliphatic rings. The van der Waals surface area contributed by atoms with E-state index < -0.39 is 5.67 Å². The molecule has 3 heteroatoms. The number of halogens is 1. The largest absolute Gasteiger partial charge is 0.497 e. The SMILES string of the molecule is COc1ccc(C[C@@]2(F)CCc3ccccc3C2=O)cc1. The van der Waals surface area contributed by atoms with Crippen LogP contribution in [0.5, 0.6) is 5.75 Å². The van der Waals surface area contributed by atoms with Gasteiger partial charge in [0.15, 0.2) is 5.67 Å². The van der Waals surface area contributed by atoms with Gasteiger partial charge >= 0.3 is 0 Å². The average molecular weight is 284 g/mol. The van der Waals surface area contributed by atoms with E-state index in [9.17, 15) is 4.79 Å². The van der Waals surface area contributed by atoms with E-state index in [1.165, 1.54) is 0 Å². The van der Waals surface area contributed by atoms with Crippen LogP contribution in [0.25, 0.3) is 0 Å². The molecule has 21 heavy (non-hydrogen) atoms. The standard InChI is InChI=1S/C18H17FO2/c1-21-15-8-6-13(7-9-15)12-18(19)11-10-14-4-2-3-5-16(14)17(18)20/h2-9H,10-12H2,1H3/t18-/m0/s1. The second kappa shape index (κ2) is 5.32. The summed E-state index contributed by atoms with van der Waals surface area (Å²) in [6, 6.07) is 14.5. The van der Waals surface area contributed by atoms with Crippen LogP contribution in [-0.2, 0) is 12.8 Å². The number of alkyl halides is 1. The topological polar surface area (TPSA) is 26.3 Å². The van der Waals surface area contributed by atoms with Gasteiger partial charge in [-0.1, -0.05) is 36.4 Å². The Balaban J connectivity index is 1.86. The number of hydrogen-bond acceptors (Lipinski definition) is 2. The summed E-state index contributed by atoms with van der Waals surface area (Å²) >= 11 is 0.